The van der Waals surface area contributed by atoms with Gasteiger partial charge >= 0.3 is 0 Å². The van der Waals surface area contributed by atoms with Crippen molar-refractivity contribution in [1.82, 2.24) is 4.90 Å². The highest BCUT2D eigenvalue weighted by Gasteiger charge is 2.32. The van der Waals surface area contributed by atoms with Gasteiger partial charge in [0.15, 0.2) is 0 Å². The third kappa shape index (κ3) is 3.45. The van der Waals surface area contributed by atoms with E-state index >= 15 is 0 Å². The molecule has 0 spiro atoms. The quantitative estimate of drug-likeness (QED) is 0.849. The number of phenols is 1. The summed E-state index contributed by atoms with van der Waals surface area (Å²) >= 11 is 0. The monoisotopic (exact) mass is 250 g/mol. The Bertz CT molecular complexity index is 389. The average molecular weight is 250 g/mol. The van der Waals surface area contributed by atoms with Crippen LogP contribution in [0.4, 0.5) is 0 Å². The van der Waals surface area contributed by atoms with Crippen LogP contribution in [-0.2, 0) is 11.3 Å². The van der Waals surface area contributed by atoms with Crippen molar-refractivity contribution in [3.63, 3.8) is 0 Å². The first kappa shape index (κ1) is 13.3. The lowest BCUT2D eigenvalue weighted by molar-refractivity contribution is -0.133. The minimum atomic E-state index is -0.154. The molecule has 4 nitrogen and oxygen atoms in total. The molecule has 2 rings (SSSR count). The average Bonchev–Trinajstić information content (AvgIpc) is 2.30. The number of phenolic OH excluding ortho intramolecular Hbond substituents is 1. The number of aromatic hydroxyl groups is 1. The van der Waals surface area contributed by atoms with E-state index in [4.69, 9.17) is 10.5 Å². The smallest absolute Gasteiger partial charge is 0.115 e. The minimum Gasteiger partial charge on any atom is -0.508 e. The summed E-state index contributed by atoms with van der Waals surface area (Å²) in [5, 5.41) is 9.28. The molecule has 1 fully saturated rings. The van der Waals surface area contributed by atoms with Crippen LogP contribution in [0.3, 0.4) is 0 Å². The predicted molar refractivity (Wildman–Crippen MR) is 71.4 cm³/mol. The number of hydrogen-bond donors (Lipinski definition) is 2. The summed E-state index contributed by atoms with van der Waals surface area (Å²) in [6.45, 7) is 7.36. The first-order chi connectivity index (χ1) is 8.48. The summed E-state index contributed by atoms with van der Waals surface area (Å²) in [5.74, 6) is 0.306. The van der Waals surface area contributed by atoms with Gasteiger partial charge in [0.1, 0.15) is 5.75 Å². The minimum absolute atomic E-state index is 0.103. The zero-order chi connectivity index (χ0) is 13.2. The summed E-state index contributed by atoms with van der Waals surface area (Å²) in [7, 11) is 0. The van der Waals surface area contributed by atoms with Crippen LogP contribution in [0, 0.1) is 0 Å². The van der Waals surface area contributed by atoms with Crippen LogP contribution in [-0.4, -0.2) is 41.3 Å². The van der Waals surface area contributed by atoms with E-state index in [0.717, 1.165) is 19.6 Å². The van der Waals surface area contributed by atoms with Gasteiger partial charge in [-0.05, 0) is 31.5 Å². The largest absolute Gasteiger partial charge is 0.508 e. The van der Waals surface area contributed by atoms with Crippen LogP contribution in [0.15, 0.2) is 24.3 Å². The standard InChI is InChI=1S/C14H22N2O2/c1-14(2)10-16(9-13(7-15)18-14)8-11-3-5-12(17)6-4-11/h3-6,13,17H,7-10,15H2,1-2H3. The zero-order valence-corrected chi connectivity index (χ0v) is 11.1. The number of rotatable bonds is 3. The fourth-order valence-electron chi connectivity index (χ4n) is 2.52. The Morgan fingerprint density at radius 2 is 2.06 bits per heavy atom. The van der Waals surface area contributed by atoms with Gasteiger partial charge in [0.05, 0.1) is 11.7 Å². The van der Waals surface area contributed by atoms with Crippen LogP contribution in [0.1, 0.15) is 19.4 Å². The van der Waals surface area contributed by atoms with E-state index in [0.29, 0.717) is 12.3 Å². The third-order valence-electron chi connectivity index (χ3n) is 3.16. The fourth-order valence-corrected chi connectivity index (χ4v) is 2.52. The highest BCUT2D eigenvalue weighted by Crippen LogP contribution is 2.22. The molecule has 3 N–H and O–H groups in total. The molecule has 0 amide bonds. The van der Waals surface area contributed by atoms with E-state index in [1.54, 1.807) is 12.1 Å². The maximum Gasteiger partial charge on any atom is 0.115 e. The van der Waals surface area contributed by atoms with Crippen molar-refractivity contribution < 1.29 is 9.84 Å². The highest BCUT2D eigenvalue weighted by atomic mass is 16.5. The number of nitrogens with two attached hydrogens (primary N) is 1. The summed E-state index contributed by atoms with van der Waals surface area (Å²) in [6.07, 6.45) is 0.103. The van der Waals surface area contributed by atoms with Crippen molar-refractivity contribution in [2.75, 3.05) is 19.6 Å². The van der Waals surface area contributed by atoms with Crippen LogP contribution >= 0.6 is 0 Å². The lowest BCUT2D eigenvalue weighted by Gasteiger charge is -2.42. The van der Waals surface area contributed by atoms with Crippen molar-refractivity contribution in [3.8, 4) is 5.75 Å². The molecule has 18 heavy (non-hydrogen) atoms. The number of ether oxygens (including phenoxy) is 1. The summed E-state index contributed by atoms with van der Waals surface area (Å²) in [4.78, 5) is 2.35. The Hall–Kier alpha value is -1.10. The lowest BCUT2D eigenvalue weighted by Crippen LogP contribution is -2.54. The van der Waals surface area contributed by atoms with E-state index in [1.165, 1.54) is 5.56 Å². The first-order valence-corrected chi connectivity index (χ1v) is 6.37. The molecule has 1 saturated heterocycles. The van der Waals surface area contributed by atoms with Gasteiger partial charge in [-0.1, -0.05) is 12.1 Å². The summed E-state index contributed by atoms with van der Waals surface area (Å²) < 4.78 is 5.90. The number of hydrogen-bond acceptors (Lipinski definition) is 4. The zero-order valence-electron chi connectivity index (χ0n) is 11.1. The van der Waals surface area contributed by atoms with Gasteiger partial charge in [0, 0.05) is 26.2 Å². The van der Waals surface area contributed by atoms with Crippen molar-refractivity contribution >= 4 is 0 Å². The second-order valence-corrected chi connectivity index (χ2v) is 5.57. The van der Waals surface area contributed by atoms with Gasteiger partial charge in [-0.25, -0.2) is 0 Å². The van der Waals surface area contributed by atoms with E-state index in [9.17, 15) is 5.11 Å². The molecule has 0 saturated carbocycles. The van der Waals surface area contributed by atoms with E-state index < -0.39 is 0 Å². The van der Waals surface area contributed by atoms with Crippen LogP contribution in [0.25, 0.3) is 0 Å². The van der Waals surface area contributed by atoms with Crippen LogP contribution < -0.4 is 5.73 Å². The lowest BCUT2D eigenvalue weighted by atomic mass is 10.0. The van der Waals surface area contributed by atoms with Crippen molar-refractivity contribution in [3.05, 3.63) is 29.8 Å². The first-order valence-electron chi connectivity index (χ1n) is 6.37. The number of morpholine rings is 1. The molecule has 0 aliphatic carbocycles. The second kappa shape index (κ2) is 5.26. The molecule has 1 atom stereocenters. The highest BCUT2D eigenvalue weighted by molar-refractivity contribution is 5.25. The van der Waals surface area contributed by atoms with Gasteiger partial charge in [0.25, 0.3) is 0 Å². The SMILES string of the molecule is CC1(C)CN(Cc2ccc(O)cc2)CC(CN)O1. The molecular formula is C14H22N2O2. The normalized spacial score (nSPS) is 24.1. The van der Waals surface area contributed by atoms with Crippen LogP contribution in [0.5, 0.6) is 5.75 Å². The topological polar surface area (TPSA) is 58.7 Å². The van der Waals surface area contributed by atoms with Gasteiger partial charge in [-0.15, -0.1) is 0 Å². The van der Waals surface area contributed by atoms with E-state index in [-0.39, 0.29) is 11.7 Å². The molecule has 1 aromatic rings. The third-order valence-corrected chi connectivity index (χ3v) is 3.16. The maximum absolute atomic E-state index is 9.28. The molecular weight excluding hydrogens is 228 g/mol. The van der Waals surface area contributed by atoms with E-state index in [2.05, 4.69) is 18.7 Å². The molecule has 0 radical (unpaired) electrons. The van der Waals surface area contributed by atoms with Gasteiger partial charge in [0.2, 0.25) is 0 Å². The molecule has 1 aromatic carbocycles. The number of nitrogens with zero attached hydrogens (tertiary/aromatic N) is 1. The molecule has 100 valence electrons. The van der Waals surface area contributed by atoms with Gasteiger partial charge < -0.3 is 15.6 Å². The Morgan fingerprint density at radius 1 is 1.39 bits per heavy atom. The predicted octanol–water partition coefficient (Wildman–Crippen LogP) is 1.33. The van der Waals surface area contributed by atoms with Crippen molar-refractivity contribution in [2.45, 2.75) is 32.1 Å². The van der Waals surface area contributed by atoms with Crippen molar-refractivity contribution in [2.24, 2.45) is 5.73 Å². The molecule has 1 unspecified atom stereocenters. The van der Waals surface area contributed by atoms with Crippen LogP contribution in [0.2, 0.25) is 0 Å². The Kier molecular flexibility index (Phi) is 3.90. The maximum atomic E-state index is 9.28. The fraction of sp³-hybridized carbons (Fsp3) is 0.571. The Labute approximate surface area is 108 Å². The molecule has 0 bridgehead atoms. The Morgan fingerprint density at radius 3 is 2.67 bits per heavy atom. The summed E-state index contributed by atoms with van der Waals surface area (Å²) in [5.41, 5.74) is 6.76. The van der Waals surface area contributed by atoms with Gasteiger partial charge in [-0.3, -0.25) is 4.90 Å². The number of benzene rings is 1. The van der Waals surface area contributed by atoms with E-state index in [1.807, 2.05) is 12.1 Å². The summed E-state index contributed by atoms with van der Waals surface area (Å²) in [6, 6.07) is 7.35. The van der Waals surface area contributed by atoms with Gasteiger partial charge in [-0.2, -0.15) is 0 Å². The molecule has 4 heteroatoms. The molecule has 1 aliphatic heterocycles. The second-order valence-electron chi connectivity index (χ2n) is 5.57. The van der Waals surface area contributed by atoms with Crippen molar-refractivity contribution in [1.29, 1.82) is 0 Å². The molecule has 1 aliphatic rings. The Balaban J connectivity index is 2.02. The molecule has 0 aromatic heterocycles. The molecule has 1 heterocycles.